The SMILES string of the molecule is CCOP(=O)(Cc1ccc(NC(=O)CC(C)c2cnn(C)c2-c2ccc(F)cc2)cc1)OCC. The van der Waals surface area contributed by atoms with Crippen LogP contribution < -0.4 is 5.32 Å². The van der Waals surface area contributed by atoms with Gasteiger partial charge in [-0.05, 0) is 61.7 Å². The molecule has 0 aliphatic rings. The number of nitrogens with zero attached hydrogens (tertiary/aromatic N) is 2. The van der Waals surface area contributed by atoms with Crippen molar-refractivity contribution < 1.29 is 22.8 Å². The summed E-state index contributed by atoms with van der Waals surface area (Å²) in [6.45, 7) is 6.14. The summed E-state index contributed by atoms with van der Waals surface area (Å²) in [7, 11) is -1.36. The number of nitrogens with one attached hydrogen (secondary N) is 1. The molecule has 1 amide bonds. The highest BCUT2D eigenvalue weighted by Crippen LogP contribution is 2.51. The second kappa shape index (κ2) is 11.6. The van der Waals surface area contributed by atoms with Gasteiger partial charge in [-0.1, -0.05) is 19.1 Å². The topological polar surface area (TPSA) is 82.5 Å². The van der Waals surface area contributed by atoms with Crippen molar-refractivity contribution in [2.45, 2.75) is 39.3 Å². The quantitative estimate of drug-likeness (QED) is 0.329. The summed E-state index contributed by atoms with van der Waals surface area (Å²) in [5, 5.41) is 7.25. The van der Waals surface area contributed by atoms with E-state index >= 15 is 0 Å². The Labute approximate surface area is 199 Å². The van der Waals surface area contributed by atoms with Crippen LogP contribution in [-0.2, 0) is 31.6 Å². The summed E-state index contributed by atoms with van der Waals surface area (Å²) in [4.78, 5) is 12.7. The molecule has 0 aliphatic carbocycles. The van der Waals surface area contributed by atoms with Gasteiger partial charge in [0, 0.05) is 30.3 Å². The zero-order valence-corrected chi connectivity index (χ0v) is 20.8. The van der Waals surface area contributed by atoms with Gasteiger partial charge in [0.05, 0.1) is 31.3 Å². The van der Waals surface area contributed by atoms with Gasteiger partial charge in [0.15, 0.2) is 0 Å². The smallest absolute Gasteiger partial charge is 0.326 e. The molecule has 7 nitrogen and oxygen atoms in total. The van der Waals surface area contributed by atoms with Gasteiger partial charge in [-0.15, -0.1) is 0 Å². The lowest BCUT2D eigenvalue weighted by molar-refractivity contribution is -0.116. The molecule has 1 heterocycles. The molecule has 3 aromatic rings. The summed E-state index contributed by atoms with van der Waals surface area (Å²) < 4.78 is 38.5. The number of hydrogen-bond acceptors (Lipinski definition) is 5. The lowest BCUT2D eigenvalue weighted by Crippen LogP contribution is -2.14. The number of anilines is 1. The van der Waals surface area contributed by atoms with Crippen LogP contribution in [0.1, 0.15) is 44.2 Å². The molecule has 2 aromatic carbocycles. The molecule has 1 aromatic heterocycles. The van der Waals surface area contributed by atoms with E-state index in [1.165, 1.54) is 12.1 Å². The minimum Gasteiger partial charge on any atom is -0.326 e. The zero-order chi connectivity index (χ0) is 24.7. The first-order chi connectivity index (χ1) is 16.2. The molecule has 0 saturated heterocycles. The number of rotatable bonds is 11. The average molecular weight is 488 g/mol. The Balaban J connectivity index is 1.64. The van der Waals surface area contributed by atoms with E-state index in [9.17, 15) is 13.8 Å². The van der Waals surface area contributed by atoms with Crippen molar-refractivity contribution in [3.63, 3.8) is 0 Å². The molecule has 0 bridgehead atoms. The summed E-state index contributed by atoms with van der Waals surface area (Å²) in [5.74, 6) is -0.538. The van der Waals surface area contributed by atoms with E-state index in [1.54, 1.807) is 61.1 Å². The summed E-state index contributed by atoms with van der Waals surface area (Å²) in [6, 6.07) is 13.4. The number of benzene rings is 2. The van der Waals surface area contributed by atoms with Gasteiger partial charge in [0.2, 0.25) is 5.91 Å². The molecule has 1 atom stereocenters. The average Bonchev–Trinajstić information content (AvgIpc) is 3.17. The van der Waals surface area contributed by atoms with Gasteiger partial charge < -0.3 is 14.4 Å². The van der Waals surface area contributed by atoms with Crippen molar-refractivity contribution in [3.8, 4) is 11.3 Å². The Bertz CT molecular complexity index is 1140. The van der Waals surface area contributed by atoms with Crippen LogP contribution in [0.2, 0.25) is 0 Å². The number of halogens is 1. The monoisotopic (exact) mass is 487 g/mol. The Morgan fingerprint density at radius 2 is 1.71 bits per heavy atom. The van der Waals surface area contributed by atoms with Crippen molar-refractivity contribution in [1.82, 2.24) is 9.78 Å². The molecule has 0 spiro atoms. The predicted molar refractivity (Wildman–Crippen MR) is 131 cm³/mol. The van der Waals surface area contributed by atoms with Crippen molar-refractivity contribution in [2.75, 3.05) is 18.5 Å². The van der Waals surface area contributed by atoms with Gasteiger partial charge >= 0.3 is 7.60 Å². The highest BCUT2D eigenvalue weighted by Gasteiger charge is 2.24. The molecule has 1 unspecified atom stereocenters. The Morgan fingerprint density at radius 1 is 1.09 bits per heavy atom. The molecule has 1 N–H and O–H groups in total. The van der Waals surface area contributed by atoms with Crippen LogP contribution in [0, 0.1) is 5.82 Å². The van der Waals surface area contributed by atoms with E-state index in [1.807, 2.05) is 14.0 Å². The third kappa shape index (κ3) is 6.63. The number of aryl methyl sites for hydroxylation is 1. The van der Waals surface area contributed by atoms with Crippen LogP contribution in [-0.4, -0.2) is 28.9 Å². The molecule has 182 valence electrons. The second-order valence-corrected chi connectivity index (χ2v) is 10.1. The Kier molecular flexibility index (Phi) is 8.78. The molecule has 9 heteroatoms. The minimum atomic E-state index is -3.18. The molecular formula is C25H31FN3O4P. The van der Waals surface area contributed by atoms with Crippen LogP contribution in [0.15, 0.2) is 54.7 Å². The summed E-state index contributed by atoms with van der Waals surface area (Å²) in [6.07, 6.45) is 2.18. The zero-order valence-electron chi connectivity index (χ0n) is 20.0. The minimum absolute atomic E-state index is 0.101. The maximum Gasteiger partial charge on any atom is 0.335 e. The van der Waals surface area contributed by atoms with Gasteiger partial charge in [0.1, 0.15) is 5.82 Å². The van der Waals surface area contributed by atoms with Crippen LogP contribution in [0.3, 0.4) is 0 Å². The third-order valence-corrected chi connectivity index (χ3v) is 7.43. The molecule has 0 radical (unpaired) electrons. The van der Waals surface area contributed by atoms with Crippen LogP contribution >= 0.6 is 7.60 Å². The molecule has 0 saturated carbocycles. The molecule has 34 heavy (non-hydrogen) atoms. The van der Waals surface area contributed by atoms with Crippen LogP contribution in [0.5, 0.6) is 0 Å². The van der Waals surface area contributed by atoms with Crippen molar-refractivity contribution in [2.24, 2.45) is 7.05 Å². The lowest BCUT2D eigenvalue weighted by atomic mass is 9.95. The second-order valence-electron chi connectivity index (χ2n) is 8.03. The number of carbonyl (C=O) groups excluding carboxylic acids is 1. The molecule has 0 aliphatic heterocycles. The van der Waals surface area contributed by atoms with Gasteiger partial charge in [-0.25, -0.2) is 4.39 Å². The normalized spacial score (nSPS) is 12.5. The number of carbonyl (C=O) groups is 1. The van der Waals surface area contributed by atoms with E-state index in [-0.39, 0.29) is 30.2 Å². The molecule has 0 fully saturated rings. The number of hydrogen-bond donors (Lipinski definition) is 1. The number of amides is 1. The predicted octanol–water partition coefficient (Wildman–Crippen LogP) is 6.12. The van der Waals surface area contributed by atoms with Crippen molar-refractivity contribution in [1.29, 1.82) is 0 Å². The highest BCUT2D eigenvalue weighted by atomic mass is 31.2. The first-order valence-electron chi connectivity index (χ1n) is 11.3. The highest BCUT2D eigenvalue weighted by molar-refractivity contribution is 7.53. The van der Waals surface area contributed by atoms with Gasteiger partial charge in [-0.3, -0.25) is 14.0 Å². The summed E-state index contributed by atoms with van der Waals surface area (Å²) >= 11 is 0. The lowest BCUT2D eigenvalue weighted by Gasteiger charge is -2.17. The maximum atomic E-state index is 13.3. The molecular weight excluding hydrogens is 456 g/mol. The standard InChI is InChI=1S/C25H31FN3O4P/c1-5-32-34(31,33-6-2)17-19-7-13-22(14-8-19)28-24(30)15-18(3)23-16-27-29(4)25(23)20-9-11-21(26)12-10-20/h7-14,16,18H,5-6,15,17H2,1-4H3,(H,28,30). The van der Waals surface area contributed by atoms with E-state index in [4.69, 9.17) is 9.05 Å². The first-order valence-corrected chi connectivity index (χ1v) is 13.0. The Morgan fingerprint density at radius 3 is 2.29 bits per heavy atom. The van der Waals surface area contributed by atoms with Crippen molar-refractivity contribution in [3.05, 3.63) is 71.7 Å². The van der Waals surface area contributed by atoms with E-state index < -0.39 is 7.60 Å². The van der Waals surface area contributed by atoms with E-state index in [0.717, 1.165) is 22.4 Å². The summed E-state index contributed by atoms with van der Waals surface area (Å²) in [5.41, 5.74) is 4.07. The molecule has 3 rings (SSSR count). The van der Waals surface area contributed by atoms with E-state index in [0.29, 0.717) is 18.9 Å². The fourth-order valence-electron chi connectivity index (χ4n) is 3.82. The number of aromatic nitrogens is 2. The Hall–Kier alpha value is -2.80. The van der Waals surface area contributed by atoms with Gasteiger partial charge in [0.25, 0.3) is 0 Å². The van der Waals surface area contributed by atoms with Gasteiger partial charge in [-0.2, -0.15) is 5.10 Å². The fourth-order valence-corrected chi connectivity index (χ4v) is 5.52. The largest absolute Gasteiger partial charge is 0.335 e. The third-order valence-electron chi connectivity index (χ3n) is 5.37. The van der Waals surface area contributed by atoms with Crippen LogP contribution in [0.4, 0.5) is 10.1 Å². The first kappa shape index (κ1) is 25.8. The van der Waals surface area contributed by atoms with Crippen LogP contribution in [0.25, 0.3) is 11.3 Å². The fraction of sp³-hybridized carbons (Fsp3) is 0.360. The van der Waals surface area contributed by atoms with Crippen molar-refractivity contribution >= 4 is 19.2 Å². The maximum absolute atomic E-state index is 13.3. The van der Waals surface area contributed by atoms with E-state index in [2.05, 4.69) is 10.4 Å².